The van der Waals surface area contributed by atoms with Crippen LogP contribution in [0.1, 0.15) is 18.5 Å². The quantitative estimate of drug-likeness (QED) is 0.786. The van der Waals surface area contributed by atoms with Crippen molar-refractivity contribution in [1.82, 2.24) is 5.32 Å². The molecular formula is C16H15Br2NO2. The van der Waals surface area contributed by atoms with E-state index < -0.39 is 0 Å². The van der Waals surface area contributed by atoms with Gasteiger partial charge in [-0.3, -0.25) is 4.79 Å². The Morgan fingerprint density at radius 3 is 2.38 bits per heavy atom. The van der Waals surface area contributed by atoms with Gasteiger partial charge >= 0.3 is 0 Å². The fraction of sp³-hybridized carbons (Fsp3) is 0.188. The highest BCUT2D eigenvalue weighted by Crippen LogP contribution is 2.24. The van der Waals surface area contributed by atoms with Crippen molar-refractivity contribution in [2.24, 2.45) is 0 Å². The zero-order valence-corrected chi connectivity index (χ0v) is 14.6. The van der Waals surface area contributed by atoms with Crippen LogP contribution in [0.2, 0.25) is 0 Å². The van der Waals surface area contributed by atoms with Crippen LogP contribution in [0.15, 0.2) is 57.5 Å². The molecule has 1 amide bonds. The van der Waals surface area contributed by atoms with E-state index in [0.29, 0.717) is 5.75 Å². The third-order valence-electron chi connectivity index (χ3n) is 2.94. The summed E-state index contributed by atoms with van der Waals surface area (Å²) < 4.78 is 7.30. The van der Waals surface area contributed by atoms with E-state index >= 15 is 0 Å². The molecular weight excluding hydrogens is 398 g/mol. The number of carbonyl (C=O) groups excluding carboxylic acids is 1. The van der Waals surface area contributed by atoms with Crippen molar-refractivity contribution in [2.75, 3.05) is 6.61 Å². The molecule has 0 aliphatic heterocycles. The zero-order chi connectivity index (χ0) is 15.2. The van der Waals surface area contributed by atoms with Crippen molar-refractivity contribution in [3.63, 3.8) is 0 Å². The Kier molecular flexibility index (Phi) is 5.82. The molecule has 2 rings (SSSR count). The summed E-state index contributed by atoms with van der Waals surface area (Å²) in [5, 5.41) is 2.92. The van der Waals surface area contributed by atoms with Crippen LogP contribution in [0.3, 0.4) is 0 Å². The van der Waals surface area contributed by atoms with E-state index in [1.165, 1.54) is 0 Å². The van der Waals surface area contributed by atoms with Gasteiger partial charge in [0, 0.05) is 4.47 Å². The Labute approximate surface area is 141 Å². The summed E-state index contributed by atoms with van der Waals surface area (Å²) in [5.74, 6) is 0.496. The van der Waals surface area contributed by atoms with Crippen LogP contribution in [-0.2, 0) is 4.79 Å². The predicted octanol–water partition coefficient (Wildman–Crippen LogP) is 4.47. The predicted molar refractivity (Wildman–Crippen MR) is 90.3 cm³/mol. The lowest BCUT2D eigenvalue weighted by Gasteiger charge is -2.16. The molecule has 0 spiro atoms. The Morgan fingerprint density at radius 2 is 1.71 bits per heavy atom. The van der Waals surface area contributed by atoms with Crippen LogP contribution in [0.5, 0.6) is 5.75 Å². The first-order valence-electron chi connectivity index (χ1n) is 6.49. The molecule has 0 aliphatic carbocycles. The molecule has 0 saturated heterocycles. The van der Waals surface area contributed by atoms with Crippen LogP contribution < -0.4 is 10.1 Å². The van der Waals surface area contributed by atoms with Gasteiger partial charge in [-0.25, -0.2) is 0 Å². The van der Waals surface area contributed by atoms with Gasteiger partial charge in [0.15, 0.2) is 6.61 Å². The van der Waals surface area contributed by atoms with Gasteiger partial charge in [0.1, 0.15) is 5.75 Å². The maximum atomic E-state index is 12.0. The maximum Gasteiger partial charge on any atom is 0.258 e. The summed E-state index contributed by atoms with van der Waals surface area (Å²) in [6.07, 6.45) is 0. The van der Waals surface area contributed by atoms with Crippen molar-refractivity contribution in [3.05, 3.63) is 63.0 Å². The Balaban J connectivity index is 1.90. The fourth-order valence-corrected chi connectivity index (χ4v) is 2.92. The molecule has 0 fully saturated rings. The number of nitrogens with one attached hydrogen (secondary N) is 1. The highest BCUT2D eigenvalue weighted by Gasteiger charge is 2.12. The molecule has 0 saturated carbocycles. The summed E-state index contributed by atoms with van der Waals surface area (Å²) in [7, 11) is 0. The van der Waals surface area contributed by atoms with Crippen molar-refractivity contribution >= 4 is 37.8 Å². The molecule has 0 aromatic heterocycles. The standard InChI is InChI=1S/C16H15Br2NO2/c1-11(12-6-2-3-7-13(12)17)19-16(20)10-21-15-9-5-4-8-14(15)18/h2-9,11H,10H2,1H3,(H,19,20)/t11-/m0/s1. The summed E-state index contributed by atoms with van der Waals surface area (Å²) in [6.45, 7) is 1.92. The Morgan fingerprint density at radius 1 is 1.10 bits per heavy atom. The van der Waals surface area contributed by atoms with Crippen molar-refractivity contribution in [3.8, 4) is 5.75 Å². The van der Waals surface area contributed by atoms with Gasteiger partial charge in [0.05, 0.1) is 10.5 Å². The molecule has 110 valence electrons. The number of benzene rings is 2. The van der Waals surface area contributed by atoms with E-state index in [0.717, 1.165) is 14.5 Å². The molecule has 0 heterocycles. The van der Waals surface area contributed by atoms with Crippen LogP contribution >= 0.6 is 31.9 Å². The zero-order valence-electron chi connectivity index (χ0n) is 11.5. The van der Waals surface area contributed by atoms with Gasteiger partial charge in [-0.1, -0.05) is 46.3 Å². The summed E-state index contributed by atoms with van der Waals surface area (Å²) in [4.78, 5) is 12.0. The second-order valence-corrected chi connectivity index (χ2v) is 6.24. The van der Waals surface area contributed by atoms with E-state index in [4.69, 9.17) is 4.74 Å². The molecule has 0 aliphatic rings. The third-order valence-corrected chi connectivity index (χ3v) is 4.32. The highest BCUT2D eigenvalue weighted by molar-refractivity contribution is 9.10. The number of hydrogen-bond donors (Lipinski definition) is 1. The van der Waals surface area contributed by atoms with E-state index in [1.54, 1.807) is 0 Å². The normalized spacial score (nSPS) is 11.8. The fourth-order valence-electron chi connectivity index (χ4n) is 1.89. The lowest BCUT2D eigenvalue weighted by Crippen LogP contribution is -2.31. The van der Waals surface area contributed by atoms with Crippen molar-refractivity contribution in [2.45, 2.75) is 13.0 Å². The van der Waals surface area contributed by atoms with E-state index in [-0.39, 0.29) is 18.6 Å². The SMILES string of the molecule is C[C@H](NC(=O)COc1ccccc1Br)c1ccccc1Br. The minimum Gasteiger partial charge on any atom is -0.483 e. The van der Waals surface area contributed by atoms with Gasteiger partial charge in [0.25, 0.3) is 5.91 Å². The molecule has 2 aromatic rings. The summed E-state index contributed by atoms with van der Waals surface area (Å²) in [6, 6.07) is 15.2. The molecule has 21 heavy (non-hydrogen) atoms. The lowest BCUT2D eigenvalue weighted by atomic mass is 10.1. The number of halogens is 2. The Bertz CT molecular complexity index is 631. The van der Waals surface area contributed by atoms with Crippen LogP contribution in [0.4, 0.5) is 0 Å². The monoisotopic (exact) mass is 411 g/mol. The van der Waals surface area contributed by atoms with Crippen molar-refractivity contribution in [1.29, 1.82) is 0 Å². The molecule has 0 unspecified atom stereocenters. The van der Waals surface area contributed by atoms with Gasteiger partial charge in [-0.2, -0.15) is 0 Å². The molecule has 0 bridgehead atoms. The van der Waals surface area contributed by atoms with Gasteiger partial charge in [-0.15, -0.1) is 0 Å². The number of rotatable bonds is 5. The average Bonchev–Trinajstić information content (AvgIpc) is 2.46. The summed E-state index contributed by atoms with van der Waals surface area (Å²) >= 11 is 6.86. The van der Waals surface area contributed by atoms with Gasteiger partial charge in [0.2, 0.25) is 0 Å². The molecule has 1 N–H and O–H groups in total. The lowest BCUT2D eigenvalue weighted by molar-refractivity contribution is -0.123. The average molecular weight is 413 g/mol. The second-order valence-electron chi connectivity index (χ2n) is 4.53. The first kappa shape index (κ1) is 16.0. The number of amides is 1. The van der Waals surface area contributed by atoms with Crippen molar-refractivity contribution < 1.29 is 9.53 Å². The van der Waals surface area contributed by atoms with E-state index in [1.807, 2.05) is 55.5 Å². The van der Waals surface area contributed by atoms with Gasteiger partial charge in [-0.05, 0) is 46.6 Å². The van der Waals surface area contributed by atoms with E-state index in [2.05, 4.69) is 37.2 Å². The molecule has 0 radical (unpaired) electrons. The van der Waals surface area contributed by atoms with Crippen LogP contribution in [0, 0.1) is 0 Å². The van der Waals surface area contributed by atoms with Gasteiger partial charge < -0.3 is 10.1 Å². The molecule has 3 nitrogen and oxygen atoms in total. The number of ether oxygens (including phenoxy) is 1. The number of carbonyl (C=O) groups is 1. The summed E-state index contributed by atoms with van der Waals surface area (Å²) in [5.41, 5.74) is 1.03. The maximum absolute atomic E-state index is 12.0. The minimum absolute atomic E-state index is 0.0165. The first-order chi connectivity index (χ1) is 10.1. The first-order valence-corrected chi connectivity index (χ1v) is 8.07. The smallest absolute Gasteiger partial charge is 0.258 e. The van der Waals surface area contributed by atoms with E-state index in [9.17, 15) is 4.79 Å². The largest absolute Gasteiger partial charge is 0.483 e. The third kappa shape index (κ3) is 4.58. The molecule has 1 atom stereocenters. The molecule has 5 heteroatoms. The number of hydrogen-bond acceptors (Lipinski definition) is 2. The van der Waals surface area contributed by atoms with Crippen LogP contribution in [-0.4, -0.2) is 12.5 Å². The number of para-hydroxylation sites is 1. The Hall–Kier alpha value is -1.33. The minimum atomic E-state index is -0.158. The topological polar surface area (TPSA) is 38.3 Å². The second kappa shape index (κ2) is 7.61. The molecule has 2 aromatic carbocycles. The highest BCUT2D eigenvalue weighted by atomic mass is 79.9. The van der Waals surface area contributed by atoms with Crippen LogP contribution in [0.25, 0.3) is 0 Å².